The molecule has 2 aliphatic rings. The Morgan fingerprint density at radius 1 is 1.19 bits per heavy atom. The SMILES string of the molecule is CC(C)C(NCC(=O)N1CCCC2CCCCC21)C(=O)O. The van der Waals surface area contributed by atoms with E-state index < -0.39 is 12.0 Å². The number of carboxylic acids is 1. The average Bonchev–Trinajstić information content (AvgIpc) is 2.46. The van der Waals surface area contributed by atoms with Crippen LogP contribution in [-0.2, 0) is 9.59 Å². The van der Waals surface area contributed by atoms with Crippen LogP contribution >= 0.6 is 0 Å². The first-order valence-electron chi connectivity index (χ1n) is 8.26. The van der Waals surface area contributed by atoms with Crippen molar-refractivity contribution in [2.45, 2.75) is 64.5 Å². The Bertz CT molecular complexity index is 382. The van der Waals surface area contributed by atoms with Crippen LogP contribution in [0.4, 0.5) is 0 Å². The highest BCUT2D eigenvalue weighted by atomic mass is 16.4. The maximum Gasteiger partial charge on any atom is 0.320 e. The zero-order valence-corrected chi connectivity index (χ0v) is 13.2. The summed E-state index contributed by atoms with van der Waals surface area (Å²) >= 11 is 0. The molecule has 1 amide bonds. The number of fused-ring (bicyclic) bond motifs is 1. The van der Waals surface area contributed by atoms with E-state index in [0.717, 1.165) is 19.4 Å². The second-order valence-corrected chi connectivity index (χ2v) is 6.78. The van der Waals surface area contributed by atoms with Gasteiger partial charge in [0.05, 0.1) is 6.54 Å². The van der Waals surface area contributed by atoms with Crippen LogP contribution in [-0.4, -0.2) is 47.1 Å². The van der Waals surface area contributed by atoms with E-state index in [1.54, 1.807) is 0 Å². The van der Waals surface area contributed by atoms with E-state index in [0.29, 0.717) is 12.0 Å². The van der Waals surface area contributed by atoms with Crippen LogP contribution in [0.25, 0.3) is 0 Å². The molecule has 2 rings (SSSR count). The molecule has 21 heavy (non-hydrogen) atoms. The van der Waals surface area contributed by atoms with Crippen LogP contribution in [0.15, 0.2) is 0 Å². The first kappa shape index (κ1) is 16.3. The van der Waals surface area contributed by atoms with Gasteiger partial charge in [-0.1, -0.05) is 26.7 Å². The maximum absolute atomic E-state index is 12.5. The van der Waals surface area contributed by atoms with E-state index in [1.807, 2.05) is 18.7 Å². The average molecular weight is 296 g/mol. The molecular weight excluding hydrogens is 268 g/mol. The van der Waals surface area contributed by atoms with E-state index in [-0.39, 0.29) is 18.4 Å². The topological polar surface area (TPSA) is 69.6 Å². The fraction of sp³-hybridized carbons (Fsp3) is 0.875. The summed E-state index contributed by atoms with van der Waals surface area (Å²) in [4.78, 5) is 25.7. The highest BCUT2D eigenvalue weighted by Crippen LogP contribution is 2.35. The fourth-order valence-corrected chi connectivity index (χ4v) is 3.84. The number of carbonyl (C=O) groups is 2. The Kier molecular flexibility index (Phi) is 5.62. The predicted octanol–water partition coefficient (Wildman–Crippen LogP) is 1.87. The van der Waals surface area contributed by atoms with Gasteiger partial charge < -0.3 is 10.0 Å². The number of aliphatic carboxylic acids is 1. The molecule has 5 nitrogen and oxygen atoms in total. The predicted molar refractivity (Wildman–Crippen MR) is 81.0 cm³/mol. The lowest BCUT2D eigenvalue weighted by atomic mass is 9.78. The zero-order valence-electron chi connectivity index (χ0n) is 13.2. The smallest absolute Gasteiger partial charge is 0.320 e. The van der Waals surface area contributed by atoms with Crippen LogP contribution in [0.2, 0.25) is 0 Å². The van der Waals surface area contributed by atoms with Crippen molar-refractivity contribution in [1.29, 1.82) is 0 Å². The highest BCUT2D eigenvalue weighted by molar-refractivity contribution is 5.80. The van der Waals surface area contributed by atoms with Crippen molar-refractivity contribution in [3.63, 3.8) is 0 Å². The summed E-state index contributed by atoms with van der Waals surface area (Å²) in [6, 6.07) is -0.259. The van der Waals surface area contributed by atoms with Crippen molar-refractivity contribution in [3.8, 4) is 0 Å². The third-order valence-electron chi connectivity index (χ3n) is 4.97. The van der Waals surface area contributed by atoms with Crippen molar-refractivity contribution in [2.24, 2.45) is 11.8 Å². The number of hydrogen-bond acceptors (Lipinski definition) is 3. The molecule has 1 saturated heterocycles. The second kappa shape index (κ2) is 7.25. The van der Waals surface area contributed by atoms with Crippen molar-refractivity contribution in [1.82, 2.24) is 10.2 Å². The van der Waals surface area contributed by atoms with Crippen LogP contribution in [0, 0.1) is 11.8 Å². The molecule has 0 aromatic heterocycles. The minimum Gasteiger partial charge on any atom is -0.480 e. The molecule has 0 aromatic carbocycles. The molecule has 1 aliphatic carbocycles. The lowest BCUT2D eigenvalue weighted by Gasteiger charge is -2.44. The van der Waals surface area contributed by atoms with E-state index in [4.69, 9.17) is 5.11 Å². The van der Waals surface area contributed by atoms with E-state index >= 15 is 0 Å². The quantitative estimate of drug-likeness (QED) is 0.812. The van der Waals surface area contributed by atoms with Gasteiger partial charge in [-0.15, -0.1) is 0 Å². The highest BCUT2D eigenvalue weighted by Gasteiger charge is 2.35. The van der Waals surface area contributed by atoms with Crippen molar-refractivity contribution in [3.05, 3.63) is 0 Å². The molecular formula is C16H28N2O3. The van der Waals surface area contributed by atoms with Gasteiger partial charge in [-0.25, -0.2) is 0 Å². The second-order valence-electron chi connectivity index (χ2n) is 6.78. The van der Waals surface area contributed by atoms with Gasteiger partial charge in [0, 0.05) is 12.6 Å². The fourth-order valence-electron chi connectivity index (χ4n) is 3.84. The van der Waals surface area contributed by atoms with Crippen LogP contribution in [0.5, 0.6) is 0 Å². The number of carboxylic acid groups (broad SMARTS) is 1. The van der Waals surface area contributed by atoms with Gasteiger partial charge in [0.2, 0.25) is 5.91 Å². The molecule has 3 atom stereocenters. The Labute approximate surface area is 127 Å². The van der Waals surface area contributed by atoms with Crippen LogP contribution < -0.4 is 5.32 Å². The van der Waals surface area contributed by atoms with Gasteiger partial charge >= 0.3 is 5.97 Å². The van der Waals surface area contributed by atoms with E-state index in [2.05, 4.69) is 5.32 Å². The molecule has 0 spiro atoms. The minimum atomic E-state index is -0.882. The third-order valence-corrected chi connectivity index (χ3v) is 4.97. The Morgan fingerprint density at radius 3 is 2.52 bits per heavy atom. The van der Waals surface area contributed by atoms with Crippen LogP contribution in [0.1, 0.15) is 52.4 Å². The van der Waals surface area contributed by atoms with Gasteiger partial charge in [0.1, 0.15) is 6.04 Å². The largest absolute Gasteiger partial charge is 0.480 e. The van der Waals surface area contributed by atoms with E-state index in [9.17, 15) is 9.59 Å². The molecule has 0 bridgehead atoms. The molecule has 2 fully saturated rings. The van der Waals surface area contributed by atoms with E-state index in [1.165, 1.54) is 25.7 Å². The summed E-state index contributed by atoms with van der Waals surface area (Å²) < 4.78 is 0. The van der Waals surface area contributed by atoms with Crippen molar-refractivity contribution in [2.75, 3.05) is 13.1 Å². The molecule has 1 heterocycles. The summed E-state index contributed by atoms with van der Waals surface area (Å²) in [5, 5.41) is 12.1. The standard InChI is InChI=1S/C16H28N2O3/c1-11(2)15(16(20)21)17-10-14(19)18-9-5-7-12-6-3-4-8-13(12)18/h11-13,15,17H,3-10H2,1-2H3,(H,20,21). The molecule has 0 aromatic rings. The number of hydrogen-bond donors (Lipinski definition) is 2. The Balaban J connectivity index is 1.91. The first-order chi connectivity index (χ1) is 10.0. The maximum atomic E-state index is 12.5. The van der Waals surface area contributed by atoms with Crippen molar-refractivity contribution >= 4 is 11.9 Å². The molecule has 1 aliphatic heterocycles. The molecule has 3 unspecified atom stereocenters. The number of piperidine rings is 1. The monoisotopic (exact) mass is 296 g/mol. The normalized spacial score (nSPS) is 27.3. The molecule has 120 valence electrons. The molecule has 0 radical (unpaired) electrons. The summed E-state index contributed by atoms with van der Waals surface area (Å²) in [6.07, 6.45) is 7.18. The molecule has 2 N–H and O–H groups in total. The summed E-state index contributed by atoms with van der Waals surface area (Å²) in [7, 11) is 0. The summed E-state index contributed by atoms with van der Waals surface area (Å²) in [5.41, 5.74) is 0. The Hall–Kier alpha value is -1.10. The Morgan fingerprint density at radius 2 is 1.86 bits per heavy atom. The third kappa shape index (κ3) is 3.96. The lowest BCUT2D eigenvalue weighted by molar-refractivity contribution is -0.141. The van der Waals surface area contributed by atoms with Crippen molar-refractivity contribution < 1.29 is 14.7 Å². The summed E-state index contributed by atoms with van der Waals surface area (Å²) in [5.74, 6) is -0.179. The molecule has 5 heteroatoms. The zero-order chi connectivity index (χ0) is 15.4. The van der Waals surface area contributed by atoms with Gasteiger partial charge in [0.25, 0.3) is 0 Å². The van der Waals surface area contributed by atoms with Gasteiger partial charge in [-0.05, 0) is 37.5 Å². The number of amides is 1. The minimum absolute atomic E-state index is 0.0286. The first-order valence-corrected chi connectivity index (χ1v) is 8.26. The van der Waals surface area contributed by atoms with Gasteiger partial charge in [0.15, 0.2) is 0 Å². The number of nitrogens with zero attached hydrogens (tertiary/aromatic N) is 1. The van der Waals surface area contributed by atoms with Gasteiger partial charge in [-0.2, -0.15) is 0 Å². The number of carbonyl (C=O) groups excluding carboxylic acids is 1. The van der Waals surface area contributed by atoms with Gasteiger partial charge in [-0.3, -0.25) is 14.9 Å². The lowest BCUT2D eigenvalue weighted by Crippen LogP contribution is -2.53. The summed E-state index contributed by atoms with van der Waals surface area (Å²) in [6.45, 7) is 4.68. The number of likely N-dealkylation sites (tertiary alicyclic amines) is 1. The number of rotatable bonds is 5. The number of nitrogens with one attached hydrogen (secondary N) is 1. The van der Waals surface area contributed by atoms with Crippen LogP contribution in [0.3, 0.4) is 0 Å². The molecule has 1 saturated carbocycles.